The van der Waals surface area contributed by atoms with Crippen molar-refractivity contribution in [3.8, 4) is 5.69 Å². The highest BCUT2D eigenvalue weighted by atomic mass is 16.2. The highest BCUT2D eigenvalue weighted by molar-refractivity contribution is 5.89. The normalized spacial score (nSPS) is 23.9. The average molecular weight is 496 g/mol. The van der Waals surface area contributed by atoms with Crippen LogP contribution in [-0.4, -0.2) is 92.0 Å². The zero-order valence-corrected chi connectivity index (χ0v) is 20.6. The predicted octanol–water partition coefficient (Wildman–Crippen LogP) is -0.570. The van der Waals surface area contributed by atoms with E-state index < -0.39 is 11.2 Å². The lowest BCUT2D eigenvalue weighted by Crippen LogP contribution is -2.58. The van der Waals surface area contributed by atoms with Crippen LogP contribution in [-0.2, 0) is 11.3 Å². The summed E-state index contributed by atoms with van der Waals surface area (Å²) in [6, 6.07) is 5.33. The minimum absolute atomic E-state index is 0.146. The number of anilines is 1. The van der Waals surface area contributed by atoms with E-state index in [0.29, 0.717) is 49.7 Å². The maximum Gasteiger partial charge on any atom is 0.354 e. The Bertz CT molecular complexity index is 1190. The number of carbonyl (C=O) groups is 2. The minimum Gasteiger partial charge on any atom is -0.338 e. The Hall–Kier alpha value is -3.35. The lowest BCUT2D eigenvalue weighted by molar-refractivity contribution is -0.137. The van der Waals surface area contributed by atoms with E-state index >= 15 is 0 Å². The topological polar surface area (TPSA) is 156 Å². The van der Waals surface area contributed by atoms with Crippen LogP contribution in [0.2, 0.25) is 0 Å². The molecule has 0 radical (unpaired) electrons. The number of carbonyl (C=O) groups excluding carboxylic acids is 2. The van der Waals surface area contributed by atoms with Crippen molar-refractivity contribution in [3.05, 3.63) is 46.8 Å². The van der Waals surface area contributed by atoms with Gasteiger partial charge in [-0.05, 0) is 43.9 Å². The molecule has 36 heavy (non-hydrogen) atoms. The van der Waals surface area contributed by atoms with Gasteiger partial charge in [-0.1, -0.05) is 0 Å². The van der Waals surface area contributed by atoms with Crippen LogP contribution in [0.5, 0.6) is 0 Å². The molecule has 3 aliphatic rings. The molecule has 2 aliphatic heterocycles. The third-order valence-corrected chi connectivity index (χ3v) is 7.25. The Balaban J connectivity index is 1.15. The fourth-order valence-corrected chi connectivity index (χ4v) is 5.05. The number of urea groups is 1. The Labute approximate surface area is 209 Å². The summed E-state index contributed by atoms with van der Waals surface area (Å²) in [4.78, 5) is 51.7. The Morgan fingerprint density at radius 1 is 1.08 bits per heavy atom. The molecule has 5 rings (SSSR count). The maximum atomic E-state index is 12.6. The van der Waals surface area contributed by atoms with Gasteiger partial charge in [-0.2, -0.15) is 4.98 Å². The van der Waals surface area contributed by atoms with Crippen LogP contribution in [0, 0.1) is 11.8 Å². The third-order valence-electron chi connectivity index (χ3n) is 7.25. The van der Waals surface area contributed by atoms with Gasteiger partial charge in [-0.15, -0.1) is 0 Å². The van der Waals surface area contributed by atoms with Crippen molar-refractivity contribution in [1.82, 2.24) is 29.2 Å². The Kier molecular flexibility index (Phi) is 6.27. The summed E-state index contributed by atoms with van der Waals surface area (Å²) in [6.45, 7) is 7.68. The number of likely N-dealkylation sites (tertiary alicyclic amines) is 1. The Morgan fingerprint density at radius 2 is 1.75 bits per heavy atom. The monoisotopic (exact) mass is 495 g/mol. The van der Waals surface area contributed by atoms with Crippen LogP contribution < -0.4 is 22.5 Å². The SMILES string of the molecule is CC(C)(N)C(=O)N1CCN(C(=O)Nc2ccn(-c3ccc(CN4CC5C(N)C5C4)nc3)c(=O)n2)CC1. The number of hydrogen-bond donors (Lipinski definition) is 3. The van der Waals surface area contributed by atoms with Crippen molar-refractivity contribution >= 4 is 17.8 Å². The lowest BCUT2D eigenvalue weighted by Gasteiger charge is -2.37. The first-order chi connectivity index (χ1) is 17.1. The van der Waals surface area contributed by atoms with E-state index in [9.17, 15) is 14.4 Å². The zero-order chi connectivity index (χ0) is 25.6. The number of fused-ring (bicyclic) bond motifs is 1. The molecule has 12 nitrogen and oxygen atoms in total. The van der Waals surface area contributed by atoms with Gasteiger partial charge in [-0.25, -0.2) is 9.59 Å². The second-order valence-corrected chi connectivity index (χ2v) is 10.5. The first kappa shape index (κ1) is 24.3. The van der Waals surface area contributed by atoms with Crippen molar-refractivity contribution in [3.63, 3.8) is 0 Å². The molecule has 192 valence electrons. The van der Waals surface area contributed by atoms with Crippen molar-refractivity contribution in [1.29, 1.82) is 0 Å². The number of hydrogen-bond acceptors (Lipinski definition) is 8. The second-order valence-electron chi connectivity index (χ2n) is 10.5. The minimum atomic E-state index is -0.947. The molecule has 3 amide bonds. The Morgan fingerprint density at radius 3 is 2.33 bits per heavy atom. The third kappa shape index (κ3) is 4.97. The molecule has 5 N–H and O–H groups in total. The first-order valence-corrected chi connectivity index (χ1v) is 12.3. The number of rotatable bonds is 5. The molecule has 2 aromatic heterocycles. The van der Waals surface area contributed by atoms with Gasteiger partial charge < -0.3 is 21.3 Å². The van der Waals surface area contributed by atoms with Gasteiger partial charge in [0.05, 0.1) is 23.1 Å². The van der Waals surface area contributed by atoms with E-state index in [-0.39, 0.29) is 17.8 Å². The summed E-state index contributed by atoms with van der Waals surface area (Å²) in [5.41, 5.74) is 12.0. The highest BCUT2D eigenvalue weighted by Gasteiger charge is 2.53. The predicted molar refractivity (Wildman–Crippen MR) is 133 cm³/mol. The van der Waals surface area contributed by atoms with Gasteiger partial charge in [0.25, 0.3) is 0 Å². The standard InChI is InChI=1S/C24H33N9O3/c1-24(2,26)21(34)31-7-9-32(10-8-31)22(35)28-19-5-6-33(23(36)29-19)16-4-3-15(27-11-16)12-30-13-17-18(14-30)20(17)25/h3-6,11,17-18,20H,7-10,12-14,25-26H2,1-2H3,(H,28,29,35,36). The van der Waals surface area contributed by atoms with E-state index in [4.69, 9.17) is 11.5 Å². The average Bonchev–Trinajstić information content (AvgIpc) is 3.23. The maximum absolute atomic E-state index is 12.6. The summed E-state index contributed by atoms with van der Waals surface area (Å²) < 4.78 is 1.38. The lowest BCUT2D eigenvalue weighted by atomic mass is 10.1. The summed E-state index contributed by atoms with van der Waals surface area (Å²) in [6.07, 6.45) is 3.22. The number of nitrogens with one attached hydrogen (secondary N) is 1. The van der Waals surface area contributed by atoms with Crippen molar-refractivity contribution in [2.45, 2.75) is 32.0 Å². The molecular weight excluding hydrogens is 462 g/mol. The molecule has 0 aromatic carbocycles. The van der Waals surface area contributed by atoms with E-state index in [1.165, 1.54) is 4.57 Å². The summed E-state index contributed by atoms with van der Waals surface area (Å²) >= 11 is 0. The highest BCUT2D eigenvalue weighted by Crippen LogP contribution is 2.44. The number of amides is 3. The molecular formula is C24H33N9O3. The van der Waals surface area contributed by atoms with Crippen LogP contribution in [0.15, 0.2) is 35.4 Å². The van der Waals surface area contributed by atoms with Gasteiger partial charge in [0, 0.05) is 58.1 Å². The van der Waals surface area contributed by atoms with Gasteiger partial charge in [0.2, 0.25) is 5.91 Å². The molecule has 12 heteroatoms. The number of nitrogens with zero attached hydrogens (tertiary/aromatic N) is 6. The zero-order valence-electron chi connectivity index (χ0n) is 20.6. The van der Waals surface area contributed by atoms with Crippen molar-refractivity contribution in [2.75, 3.05) is 44.6 Å². The number of aromatic nitrogens is 3. The second kappa shape index (κ2) is 9.26. The van der Waals surface area contributed by atoms with Gasteiger partial charge in [0.15, 0.2) is 0 Å². The number of piperidine rings is 1. The molecule has 1 aliphatic carbocycles. The fourth-order valence-electron chi connectivity index (χ4n) is 5.05. The van der Waals surface area contributed by atoms with Crippen LogP contribution in [0.4, 0.5) is 10.6 Å². The van der Waals surface area contributed by atoms with Crippen LogP contribution in [0.3, 0.4) is 0 Å². The van der Waals surface area contributed by atoms with Crippen LogP contribution >= 0.6 is 0 Å². The molecule has 2 atom stereocenters. The molecule has 0 spiro atoms. The van der Waals surface area contributed by atoms with Crippen molar-refractivity contribution in [2.24, 2.45) is 23.3 Å². The van der Waals surface area contributed by atoms with Crippen LogP contribution in [0.25, 0.3) is 5.69 Å². The van der Waals surface area contributed by atoms with E-state index in [1.807, 2.05) is 12.1 Å². The number of nitrogens with two attached hydrogens (primary N) is 2. The van der Waals surface area contributed by atoms with Crippen LogP contribution in [0.1, 0.15) is 19.5 Å². The molecule has 0 bridgehead atoms. The fraction of sp³-hybridized carbons (Fsp3) is 0.542. The first-order valence-electron chi connectivity index (χ1n) is 12.3. The number of piperazine rings is 1. The molecule has 1 saturated carbocycles. The smallest absolute Gasteiger partial charge is 0.338 e. The summed E-state index contributed by atoms with van der Waals surface area (Å²) in [5.74, 6) is 1.28. The van der Waals surface area contributed by atoms with E-state index in [0.717, 1.165) is 25.3 Å². The summed E-state index contributed by atoms with van der Waals surface area (Å²) in [7, 11) is 0. The largest absolute Gasteiger partial charge is 0.354 e. The van der Waals surface area contributed by atoms with Gasteiger partial charge >= 0.3 is 11.7 Å². The van der Waals surface area contributed by atoms with E-state index in [2.05, 4.69) is 20.2 Å². The summed E-state index contributed by atoms with van der Waals surface area (Å²) in [5, 5.41) is 2.67. The molecule has 4 heterocycles. The quantitative estimate of drug-likeness (QED) is 0.498. The number of pyridine rings is 1. The molecule has 2 saturated heterocycles. The molecule has 3 fully saturated rings. The van der Waals surface area contributed by atoms with E-state index in [1.54, 1.807) is 42.1 Å². The van der Waals surface area contributed by atoms with Crippen molar-refractivity contribution < 1.29 is 9.59 Å². The molecule has 2 unspecified atom stereocenters. The molecule has 2 aromatic rings. The van der Waals surface area contributed by atoms with Gasteiger partial charge in [0.1, 0.15) is 5.82 Å². The van der Waals surface area contributed by atoms with Gasteiger partial charge in [-0.3, -0.25) is 24.6 Å².